The van der Waals surface area contributed by atoms with E-state index in [1.54, 1.807) is 13.8 Å². The van der Waals surface area contributed by atoms with E-state index in [2.05, 4.69) is 5.32 Å². The van der Waals surface area contributed by atoms with Crippen molar-refractivity contribution in [2.75, 3.05) is 13.2 Å². The topological polar surface area (TPSA) is 58.6 Å². The molecule has 0 radical (unpaired) electrons. The Kier molecular flexibility index (Phi) is 4.95. The number of aliphatic hydroxyl groups is 1. The summed E-state index contributed by atoms with van der Waals surface area (Å²) in [5.74, 6) is -0.288. The molecule has 0 aliphatic heterocycles. The van der Waals surface area contributed by atoms with Crippen LogP contribution in [0.4, 0.5) is 0 Å². The Balaban J connectivity index is 3.99. The Bertz CT molecular complexity index is 168. The molecule has 78 valence electrons. The summed E-state index contributed by atoms with van der Waals surface area (Å²) in [5.41, 5.74) is -0.452. The van der Waals surface area contributed by atoms with Gasteiger partial charge in [0.2, 0.25) is 0 Å². The average molecular weight is 189 g/mol. The molecule has 0 aliphatic rings. The van der Waals surface area contributed by atoms with E-state index < -0.39 is 5.54 Å². The highest BCUT2D eigenvalue weighted by atomic mass is 16.5. The second-order valence-corrected chi connectivity index (χ2v) is 3.66. The molecule has 4 heteroatoms. The summed E-state index contributed by atoms with van der Waals surface area (Å²) in [6, 6.07) is -0.387. The zero-order valence-electron chi connectivity index (χ0n) is 8.76. The Labute approximate surface area is 79.3 Å². The number of esters is 1. The van der Waals surface area contributed by atoms with Gasteiger partial charge >= 0.3 is 5.97 Å². The van der Waals surface area contributed by atoms with Crippen molar-refractivity contribution in [3.8, 4) is 0 Å². The summed E-state index contributed by atoms with van der Waals surface area (Å²) in [6.07, 6.45) is 0. The van der Waals surface area contributed by atoms with Crippen molar-refractivity contribution in [1.29, 1.82) is 0 Å². The maximum atomic E-state index is 11.2. The second kappa shape index (κ2) is 5.19. The van der Waals surface area contributed by atoms with Gasteiger partial charge in [-0.1, -0.05) is 0 Å². The van der Waals surface area contributed by atoms with Crippen molar-refractivity contribution < 1.29 is 14.6 Å². The lowest BCUT2D eigenvalue weighted by Gasteiger charge is -2.26. The second-order valence-electron chi connectivity index (χ2n) is 3.66. The predicted molar refractivity (Wildman–Crippen MR) is 50.4 cm³/mol. The minimum atomic E-state index is -0.452. The fraction of sp³-hybridized carbons (Fsp3) is 0.889. The van der Waals surface area contributed by atoms with Gasteiger partial charge in [0.1, 0.15) is 6.04 Å². The number of hydrogen-bond donors (Lipinski definition) is 2. The maximum absolute atomic E-state index is 11.2. The molecule has 0 rings (SSSR count). The number of nitrogens with one attached hydrogen (secondary N) is 1. The quantitative estimate of drug-likeness (QED) is 0.611. The van der Waals surface area contributed by atoms with Gasteiger partial charge in [0.25, 0.3) is 0 Å². The first-order valence-corrected chi connectivity index (χ1v) is 4.48. The third-order valence-corrected chi connectivity index (χ3v) is 1.64. The van der Waals surface area contributed by atoms with E-state index in [0.717, 1.165) is 0 Å². The molecular weight excluding hydrogens is 170 g/mol. The van der Waals surface area contributed by atoms with Gasteiger partial charge in [0, 0.05) is 5.54 Å². The van der Waals surface area contributed by atoms with Crippen molar-refractivity contribution in [1.82, 2.24) is 5.32 Å². The first kappa shape index (κ1) is 12.4. The van der Waals surface area contributed by atoms with Crippen LogP contribution in [0.15, 0.2) is 0 Å². The summed E-state index contributed by atoms with van der Waals surface area (Å²) >= 11 is 0. The van der Waals surface area contributed by atoms with Crippen LogP contribution in [0.3, 0.4) is 0 Å². The van der Waals surface area contributed by atoms with Gasteiger partial charge in [-0.25, -0.2) is 0 Å². The van der Waals surface area contributed by atoms with Crippen molar-refractivity contribution in [3.05, 3.63) is 0 Å². The molecule has 0 spiro atoms. The highest BCUT2D eigenvalue weighted by Gasteiger charge is 2.23. The van der Waals surface area contributed by atoms with E-state index in [1.807, 2.05) is 13.8 Å². The lowest BCUT2D eigenvalue weighted by atomic mass is 10.1. The Morgan fingerprint density at radius 2 is 2.15 bits per heavy atom. The first-order chi connectivity index (χ1) is 5.93. The van der Waals surface area contributed by atoms with Crippen LogP contribution in [0.25, 0.3) is 0 Å². The van der Waals surface area contributed by atoms with Crippen LogP contribution in [-0.4, -0.2) is 35.9 Å². The number of rotatable bonds is 5. The Hall–Kier alpha value is -0.610. The average Bonchev–Trinajstić information content (AvgIpc) is 2.04. The molecule has 0 fully saturated rings. The van der Waals surface area contributed by atoms with Crippen LogP contribution in [-0.2, 0) is 9.53 Å². The van der Waals surface area contributed by atoms with Gasteiger partial charge < -0.3 is 9.84 Å². The zero-order valence-corrected chi connectivity index (χ0v) is 8.76. The molecule has 1 unspecified atom stereocenters. The minimum Gasteiger partial charge on any atom is -0.465 e. The van der Waals surface area contributed by atoms with Crippen LogP contribution in [0, 0.1) is 0 Å². The molecule has 0 aliphatic carbocycles. The largest absolute Gasteiger partial charge is 0.465 e. The van der Waals surface area contributed by atoms with E-state index in [1.165, 1.54) is 0 Å². The molecule has 1 atom stereocenters. The van der Waals surface area contributed by atoms with Crippen molar-refractivity contribution in [2.24, 2.45) is 0 Å². The summed E-state index contributed by atoms with van der Waals surface area (Å²) in [6.45, 7) is 7.49. The number of carbonyl (C=O) groups is 1. The third-order valence-electron chi connectivity index (χ3n) is 1.64. The molecule has 0 amide bonds. The van der Waals surface area contributed by atoms with Crippen LogP contribution in [0.2, 0.25) is 0 Å². The van der Waals surface area contributed by atoms with E-state index in [-0.39, 0.29) is 18.6 Å². The Morgan fingerprint density at radius 1 is 1.62 bits per heavy atom. The zero-order chi connectivity index (χ0) is 10.5. The molecule has 4 nitrogen and oxygen atoms in total. The number of ether oxygens (including phenoxy) is 1. The minimum absolute atomic E-state index is 0.0171. The van der Waals surface area contributed by atoms with Gasteiger partial charge in [-0.2, -0.15) is 0 Å². The monoisotopic (exact) mass is 189 g/mol. The lowest BCUT2D eigenvalue weighted by molar-refractivity contribution is -0.145. The van der Waals surface area contributed by atoms with Crippen molar-refractivity contribution in [2.45, 2.75) is 39.3 Å². The van der Waals surface area contributed by atoms with E-state index in [9.17, 15) is 4.79 Å². The molecular formula is C9H19NO3. The fourth-order valence-corrected chi connectivity index (χ4v) is 0.958. The SMILES string of the molecule is CCOC(=O)C(C)NC(C)(C)CO. The molecule has 0 aromatic heterocycles. The van der Waals surface area contributed by atoms with Gasteiger partial charge in [-0.15, -0.1) is 0 Å². The molecule has 0 saturated heterocycles. The number of aliphatic hydroxyl groups excluding tert-OH is 1. The fourth-order valence-electron chi connectivity index (χ4n) is 0.958. The molecule has 13 heavy (non-hydrogen) atoms. The van der Waals surface area contributed by atoms with Crippen molar-refractivity contribution >= 4 is 5.97 Å². The summed E-state index contributed by atoms with van der Waals surface area (Å²) < 4.78 is 4.81. The summed E-state index contributed by atoms with van der Waals surface area (Å²) in [5, 5.41) is 11.9. The Morgan fingerprint density at radius 3 is 2.54 bits per heavy atom. The maximum Gasteiger partial charge on any atom is 0.322 e. The van der Waals surface area contributed by atoms with Gasteiger partial charge in [0.15, 0.2) is 0 Å². The molecule has 0 bridgehead atoms. The number of carbonyl (C=O) groups excluding carboxylic acids is 1. The third kappa shape index (κ3) is 4.85. The van der Waals surface area contributed by atoms with Crippen LogP contribution >= 0.6 is 0 Å². The molecule has 0 saturated carbocycles. The van der Waals surface area contributed by atoms with Crippen LogP contribution in [0.5, 0.6) is 0 Å². The van der Waals surface area contributed by atoms with Gasteiger partial charge in [0.05, 0.1) is 13.2 Å². The normalized spacial score (nSPS) is 13.9. The van der Waals surface area contributed by atoms with E-state index in [0.29, 0.717) is 6.61 Å². The van der Waals surface area contributed by atoms with E-state index in [4.69, 9.17) is 9.84 Å². The van der Waals surface area contributed by atoms with Crippen LogP contribution < -0.4 is 5.32 Å². The molecule has 0 aromatic carbocycles. The molecule has 0 aromatic rings. The van der Waals surface area contributed by atoms with Crippen LogP contribution in [0.1, 0.15) is 27.7 Å². The first-order valence-electron chi connectivity index (χ1n) is 4.48. The van der Waals surface area contributed by atoms with Gasteiger partial charge in [-0.3, -0.25) is 10.1 Å². The molecule has 0 heterocycles. The number of hydrogen-bond acceptors (Lipinski definition) is 4. The van der Waals surface area contributed by atoms with Gasteiger partial charge in [-0.05, 0) is 27.7 Å². The summed E-state index contributed by atoms with van der Waals surface area (Å²) in [7, 11) is 0. The van der Waals surface area contributed by atoms with Crippen molar-refractivity contribution in [3.63, 3.8) is 0 Å². The standard InChI is InChI=1S/C9H19NO3/c1-5-13-8(12)7(2)10-9(3,4)6-11/h7,10-11H,5-6H2,1-4H3. The van der Waals surface area contributed by atoms with E-state index >= 15 is 0 Å². The highest BCUT2D eigenvalue weighted by molar-refractivity contribution is 5.75. The predicted octanol–water partition coefficient (Wildman–Crippen LogP) is 0.299. The smallest absolute Gasteiger partial charge is 0.322 e. The summed E-state index contributed by atoms with van der Waals surface area (Å²) in [4.78, 5) is 11.2. The molecule has 2 N–H and O–H groups in total. The highest BCUT2D eigenvalue weighted by Crippen LogP contribution is 2.02. The lowest BCUT2D eigenvalue weighted by Crippen LogP contribution is -2.50.